The third-order valence-corrected chi connectivity index (χ3v) is 4.67. The van der Waals surface area contributed by atoms with Crippen LogP contribution in [0.15, 0.2) is 54.6 Å². The molecule has 0 saturated heterocycles. The fraction of sp³-hybridized carbons (Fsp3) is 0.167. The van der Waals surface area contributed by atoms with E-state index in [1.54, 1.807) is 48.5 Å². The molecule has 25 heavy (non-hydrogen) atoms. The molecule has 130 valence electrons. The highest BCUT2D eigenvalue weighted by atomic mass is 32.2. The van der Waals surface area contributed by atoms with Crippen LogP contribution >= 0.6 is 0 Å². The third kappa shape index (κ3) is 4.84. The van der Waals surface area contributed by atoms with E-state index in [4.69, 9.17) is 9.47 Å². The van der Waals surface area contributed by atoms with E-state index >= 15 is 0 Å². The summed E-state index contributed by atoms with van der Waals surface area (Å²) in [5.41, 5.74) is 1.32. The first kappa shape index (κ1) is 17.0. The molecule has 0 radical (unpaired) electrons. The number of hydrogen-bond donors (Lipinski definition) is 1. The third-order valence-electron chi connectivity index (χ3n) is 3.45. The van der Waals surface area contributed by atoms with Crippen LogP contribution in [0, 0.1) is 0 Å². The standard InChI is InChI=1S/C18H17NO5S/c20-18(19-25(21,22)13-15-4-2-1-3-5-15)9-7-14-6-8-16-17(12-14)24-11-10-23-16/h1-9,12H,10-11,13H2,(H,19,20). The van der Waals surface area contributed by atoms with Gasteiger partial charge in [0.1, 0.15) is 13.2 Å². The summed E-state index contributed by atoms with van der Waals surface area (Å²) in [6.07, 6.45) is 2.69. The lowest BCUT2D eigenvalue weighted by atomic mass is 10.2. The van der Waals surface area contributed by atoms with E-state index < -0.39 is 15.9 Å². The fourth-order valence-electron chi connectivity index (χ4n) is 2.35. The van der Waals surface area contributed by atoms with E-state index in [1.165, 1.54) is 12.2 Å². The largest absolute Gasteiger partial charge is 0.486 e. The minimum atomic E-state index is -3.75. The van der Waals surface area contributed by atoms with Crippen molar-refractivity contribution < 1.29 is 22.7 Å². The number of hydrogen-bond acceptors (Lipinski definition) is 5. The van der Waals surface area contributed by atoms with Gasteiger partial charge in [-0.2, -0.15) is 0 Å². The Hall–Kier alpha value is -2.80. The second-order valence-corrected chi connectivity index (χ2v) is 7.17. The SMILES string of the molecule is O=C(C=Cc1ccc2c(c1)OCCO2)NS(=O)(=O)Cc1ccccc1. The van der Waals surface area contributed by atoms with Crippen LogP contribution in [0.4, 0.5) is 0 Å². The number of rotatable bonds is 5. The summed E-state index contributed by atoms with van der Waals surface area (Å²) in [6, 6.07) is 13.9. The smallest absolute Gasteiger partial charge is 0.257 e. The number of benzene rings is 2. The highest BCUT2D eigenvalue weighted by Crippen LogP contribution is 2.31. The van der Waals surface area contributed by atoms with Gasteiger partial charge in [0, 0.05) is 6.08 Å². The monoisotopic (exact) mass is 359 g/mol. The van der Waals surface area contributed by atoms with Crippen molar-refractivity contribution in [3.05, 3.63) is 65.7 Å². The second kappa shape index (κ2) is 7.40. The maximum atomic E-state index is 12.0. The predicted molar refractivity (Wildman–Crippen MR) is 93.7 cm³/mol. The molecular weight excluding hydrogens is 342 g/mol. The van der Waals surface area contributed by atoms with E-state index in [9.17, 15) is 13.2 Å². The van der Waals surface area contributed by atoms with Crippen molar-refractivity contribution in [3.63, 3.8) is 0 Å². The van der Waals surface area contributed by atoms with Crippen LogP contribution in [-0.4, -0.2) is 27.5 Å². The summed E-state index contributed by atoms with van der Waals surface area (Å²) in [6.45, 7) is 0.974. The molecule has 1 N–H and O–H groups in total. The van der Waals surface area contributed by atoms with Crippen molar-refractivity contribution in [1.82, 2.24) is 4.72 Å². The molecule has 0 saturated carbocycles. The molecule has 2 aromatic rings. The van der Waals surface area contributed by atoms with Gasteiger partial charge in [-0.15, -0.1) is 0 Å². The Morgan fingerprint density at radius 2 is 1.76 bits per heavy atom. The number of fused-ring (bicyclic) bond motifs is 1. The Morgan fingerprint density at radius 1 is 1.04 bits per heavy atom. The number of ether oxygens (including phenoxy) is 2. The first-order chi connectivity index (χ1) is 12.0. The Labute approximate surface area is 146 Å². The van der Waals surface area contributed by atoms with Crippen molar-refractivity contribution in [3.8, 4) is 11.5 Å². The van der Waals surface area contributed by atoms with Crippen LogP contribution in [0.3, 0.4) is 0 Å². The summed E-state index contributed by atoms with van der Waals surface area (Å²) in [5, 5.41) is 0. The van der Waals surface area contributed by atoms with E-state index in [0.29, 0.717) is 35.8 Å². The van der Waals surface area contributed by atoms with Crippen molar-refractivity contribution in [2.75, 3.05) is 13.2 Å². The van der Waals surface area contributed by atoms with Gasteiger partial charge in [-0.1, -0.05) is 36.4 Å². The van der Waals surface area contributed by atoms with Crippen molar-refractivity contribution >= 4 is 22.0 Å². The summed E-state index contributed by atoms with van der Waals surface area (Å²) in [5.74, 6) is 0.298. The van der Waals surface area contributed by atoms with Crippen molar-refractivity contribution in [2.45, 2.75) is 5.75 Å². The van der Waals surface area contributed by atoms with Crippen LogP contribution in [0.25, 0.3) is 6.08 Å². The van der Waals surface area contributed by atoms with Crippen LogP contribution in [0.1, 0.15) is 11.1 Å². The molecule has 1 aliphatic heterocycles. The molecule has 0 aliphatic carbocycles. The first-order valence-electron chi connectivity index (χ1n) is 7.68. The molecule has 1 aliphatic rings. The van der Waals surface area contributed by atoms with Crippen LogP contribution < -0.4 is 14.2 Å². The van der Waals surface area contributed by atoms with Gasteiger partial charge in [0.15, 0.2) is 11.5 Å². The number of nitrogens with one attached hydrogen (secondary N) is 1. The van der Waals surface area contributed by atoms with Crippen molar-refractivity contribution in [1.29, 1.82) is 0 Å². The number of carbonyl (C=O) groups is 1. The molecule has 6 nitrogen and oxygen atoms in total. The highest BCUT2D eigenvalue weighted by Gasteiger charge is 2.14. The Kier molecular flexibility index (Phi) is 5.04. The lowest BCUT2D eigenvalue weighted by Gasteiger charge is -2.18. The van der Waals surface area contributed by atoms with Gasteiger partial charge in [-0.25, -0.2) is 13.1 Å². The highest BCUT2D eigenvalue weighted by molar-refractivity contribution is 7.89. The summed E-state index contributed by atoms with van der Waals surface area (Å²) < 4.78 is 36.9. The minimum absolute atomic E-state index is 0.253. The zero-order valence-corrected chi connectivity index (χ0v) is 14.2. The van der Waals surface area contributed by atoms with Gasteiger partial charge < -0.3 is 9.47 Å². The fourth-order valence-corrected chi connectivity index (χ4v) is 3.43. The maximum Gasteiger partial charge on any atom is 0.257 e. The average molecular weight is 359 g/mol. The second-order valence-electron chi connectivity index (χ2n) is 5.45. The molecule has 0 fully saturated rings. The molecule has 0 spiro atoms. The normalized spacial score (nSPS) is 13.6. The molecule has 0 atom stereocenters. The Balaban J connectivity index is 1.63. The van der Waals surface area contributed by atoms with Gasteiger partial charge in [0.05, 0.1) is 5.75 Å². The average Bonchev–Trinajstić information content (AvgIpc) is 2.60. The van der Waals surface area contributed by atoms with Gasteiger partial charge in [-0.3, -0.25) is 4.79 Å². The Morgan fingerprint density at radius 3 is 2.52 bits per heavy atom. The van der Waals surface area contributed by atoms with E-state index in [2.05, 4.69) is 0 Å². The molecule has 3 rings (SSSR count). The number of sulfonamides is 1. The summed E-state index contributed by atoms with van der Waals surface area (Å²) in [7, 11) is -3.75. The van der Waals surface area contributed by atoms with Crippen LogP contribution in [0.5, 0.6) is 11.5 Å². The zero-order valence-electron chi connectivity index (χ0n) is 13.3. The summed E-state index contributed by atoms with van der Waals surface area (Å²) in [4.78, 5) is 11.9. The van der Waals surface area contributed by atoms with Gasteiger partial charge >= 0.3 is 0 Å². The number of carbonyl (C=O) groups excluding carboxylic acids is 1. The topological polar surface area (TPSA) is 81.7 Å². The van der Waals surface area contributed by atoms with Gasteiger partial charge in [0.25, 0.3) is 5.91 Å². The molecule has 7 heteroatoms. The molecule has 0 aromatic heterocycles. The lowest BCUT2D eigenvalue weighted by molar-refractivity contribution is -0.114. The van der Waals surface area contributed by atoms with Crippen LogP contribution in [0.2, 0.25) is 0 Å². The maximum absolute atomic E-state index is 12.0. The predicted octanol–water partition coefficient (Wildman–Crippen LogP) is 2.12. The van der Waals surface area contributed by atoms with Gasteiger partial charge in [0.2, 0.25) is 10.0 Å². The van der Waals surface area contributed by atoms with Gasteiger partial charge in [-0.05, 0) is 29.3 Å². The molecule has 2 aromatic carbocycles. The quantitative estimate of drug-likeness (QED) is 0.827. The van der Waals surface area contributed by atoms with E-state index in [-0.39, 0.29) is 5.75 Å². The first-order valence-corrected chi connectivity index (χ1v) is 9.33. The zero-order chi connectivity index (χ0) is 17.7. The van der Waals surface area contributed by atoms with E-state index in [0.717, 1.165) is 0 Å². The number of amides is 1. The molecule has 0 bridgehead atoms. The molecule has 1 amide bonds. The minimum Gasteiger partial charge on any atom is -0.486 e. The molecular formula is C18H17NO5S. The Bertz CT molecular complexity index is 891. The molecule has 0 unspecified atom stereocenters. The summed E-state index contributed by atoms with van der Waals surface area (Å²) >= 11 is 0. The van der Waals surface area contributed by atoms with E-state index in [1.807, 2.05) is 4.72 Å². The van der Waals surface area contributed by atoms with Crippen LogP contribution in [-0.2, 0) is 20.6 Å². The van der Waals surface area contributed by atoms with Crippen molar-refractivity contribution in [2.24, 2.45) is 0 Å². The lowest BCUT2D eigenvalue weighted by Crippen LogP contribution is -2.30. The molecule has 1 heterocycles.